The SMILES string of the molecule is COCCOCCOCCOCCOCCOCCOCCOCCOCCOCCOCCOCCOCCOCCOCCOCCOCCOCCOCCOCCOCCOCCOCCOCCOCCOCCOCCOCCOCCOCCOCCOCCOCCOCCC[Si](C)(O[Si](=O)[Si](=O)[Si](=O)[Si](=O)[Si](=O)[Si](=O)[Si]=O)[Si]=O. The summed E-state index contributed by atoms with van der Waals surface area (Å²) >= 11 is 0. The highest BCUT2D eigenvalue weighted by Crippen LogP contribution is 2.12. The number of rotatable bonds is 112. The Morgan fingerprint density at radius 1 is 0.187 bits per heavy atom. The van der Waals surface area contributed by atoms with Crippen molar-refractivity contribution in [3.05, 3.63) is 0 Å². The first-order valence-electron chi connectivity index (χ1n) is 41.9. The number of hydrogen-bond acceptors (Lipinski definition) is 43. The Morgan fingerprint density at radius 3 is 0.447 bits per heavy atom. The van der Waals surface area contributed by atoms with Gasteiger partial charge in [0.05, 0.1) is 436 Å². The van der Waals surface area contributed by atoms with Gasteiger partial charge in [-0.15, -0.1) is 0 Å². The third kappa shape index (κ3) is 95.2. The van der Waals surface area contributed by atoms with Crippen LogP contribution in [-0.4, -0.2) is 522 Å². The van der Waals surface area contributed by atoms with Gasteiger partial charge in [-0.3, -0.25) is 0 Å². The second-order valence-corrected chi connectivity index (χ2v) is 59.6. The molecule has 0 bridgehead atoms. The van der Waals surface area contributed by atoms with E-state index in [4.69, 9.17) is 165 Å². The second kappa shape index (κ2) is 104. The summed E-state index contributed by atoms with van der Waals surface area (Å²) in [6.07, 6.45) is 0.377. The first-order chi connectivity index (χ1) is 60.6. The Kier molecular flexibility index (Phi) is 103. The predicted octanol–water partition coefficient (Wildman–Crippen LogP) is -2.32. The van der Waals surface area contributed by atoms with Crippen LogP contribution in [0, 0.1) is 0 Å². The molecule has 52 heteroatoms. The van der Waals surface area contributed by atoms with Crippen LogP contribution in [0.2, 0.25) is 12.6 Å². The van der Waals surface area contributed by atoms with Gasteiger partial charge >= 0.3 is 64.9 Å². The van der Waals surface area contributed by atoms with Crippen LogP contribution in [0.4, 0.5) is 0 Å². The summed E-state index contributed by atoms with van der Waals surface area (Å²) in [5, 5.41) is 0. The van der Waals surface area contributed by atoms with Crippen molar-refractivity contribution >= 4 is 72.7 Å². The minimum absolute atomic E-state index is 0.219. The lowest BCUT2D eigenvalue weighted by molar-refractivity contribution is -0.0326. The van der Waals surface area contributed by atoms with Crippen LogP contribution < -0.4 is 0 Å². The average molecular weight is 1940 g/mol. The minimum atomic E-state index is -3.63. The zero-order chi connectivity index (χ0) is 88.9. The number of ether oxygens (including phenoxy) is 34. The molecular weight excluding hydrogens is 1790 g/mol. The van der Waals surface area contributed by atoms with E-state index in [1.165, 1.54) is 6.55 Å². The van der Waals surface area contributed by atoms with Crippen molar-refractivity contribution in [3.63, 3.8) is 0 Å². The monoisotopic (exact) mass is 1940 g/mol. The summed E-state index contributed by atoms with van der Waals surface area (Å²) in [4.78, 5) is 0. The van der Waals surface area contributed by atoms with Crippen LogP contribution in [0.3, 0.4) is 0 Å². The van der Waals surface area contributed by atoms with E-state index in [-0.39, 0.29) is 19.3 Å². The first kappa shape index (κ1) is 122. The lowest BCUT2D eigenvalue weighted by Crippen LogP contribution is -2.51. The highest BCUT2D eigenvalue weighted by Gasteiger charge is 2.48. The van der Waals surface area contributed by atoms with Gasteiger partial charge in [0.1, 0.15) is 0 Å². The molecule has 0 fully saturated rings. The molecule has 0 heterocycles. The van der Waals surface area contributed by atoms with Crippen LogP contribution in [0.1, 0.15) is 6.42 Å². The predicted molar refractivity (Wildman–Crippen MR) is 443 cm³/mol. The maximum Gasteiger partial charge on any atom is 0.532 e. The highest BCUT2D eigenvalue weighted by atomic mass is 30.0. The van der Waals surface area contributed by atoms with Crippen LogP contribution in [0.15, 0.2) is 0 Å². The van der Waals surface area contributed by atoms with Crippen molar-refractivity contribution in [2.75, 3.05) is 450 Å². The largest absolute Gasteiger partial charge is 0.574 e. The second-order valence-electron chi connectivity index (χ2n) is 24.8. The van der Waals surface area contributed by atoms with Gasteiger partial charge in [0.15, 0.2) is 0 Å². The number of methoxy groups -OCH3 is 1. The van der Waals surface area contributed by atoms with Crippen molar-refractivity contribution in [2.24, 2.45) is 0 Å². The van der Waals surface area contributed by atoms with Gasteiger partial charge in [-0.25, -0.2) is 0 Å². The molecule has 0 aliphatic carbocycles. The lowest BCUT2D eigenvalue weighted by Gasteiger charge is -2.20. The molecule has 0 aromatic heterocycles. The van der Waals surface area contributed by atoms with Crippen molar-refractivity contribution in [1.82, 2.24) is 0 Å². The Bertz CT molecular complexity index is 2320. The Morgan fingerprint density at radius 2 is 0.317 bits per heavy atom. The Labute approximate surface area is 738 Å². The van der Waals surface area contributed by atoms with E-state index in [1.807, 2.05) is 0 Å². The van der Waals surface area contributed by atoms with E-state index in [1.54, 1.807) is 7.11 Å². The third-order valence-electron chi connectivity index (χ3n) is 14.9. The molecule has 0 rings (SSSR count). The van der Waals surface area contributed by atoms with Crippen LogP contribution in [-0.2, 0) is 201 Å². The smallest absolute Gasteiger partial charge is 0.532 e. The summed E-state index contributed by atoms with van der Waals surface area (Å²) in [7, 11) is -25.0. The van der Waals surface area contributed by atoms with Crippen LogP contribution >= 0.6 is 0 Å². The molecule has 0 amide bonds. The molecule has 0 N–H and O–H groups in total. The molecule has 0 saturated carbocycles. The summed E-state index contributed by atoms with van der Waals surface area (Å²) in [6.45, 7) is 32.2. The van der Waals surface area contributed by atoms with E-state index in [2.05, 4.69) is 0 Å². The van der Waals surface area contributed by atoms with Crippen molar-refractivity contribution in [1.29, 1.82) is 0 Å². The molecule has 0 aromatic rings. The molecule has 0 aliphatic heterocycles. The van der Waals surface area contributed by atoms with Gasteiger partial charge < -0.3 is 201 Å². The quantitative estimate of drug-likeness (QED) is 0.0455. The number of hydrogen-bond donors (Lipinski definition) is 0. The van der Waals surface area contributed by atoms with E-state index in [9.17, 15) is 35.7 Å². The van der Waals surface area contributed by atoms with Crippen molar-refractivity contribution in [2.45, 2.75) is 19.0 Å². The standard InChI is InChI=1S/C71H144O43Si9/c1-80-5-6-82-9-10-84-13-14-86-17-18-88-21-22-90-25-26-92-29-30-94-33-34-96-37-38-98-41-42-100-45-46-102-49-50-104-53-54-106-57-58-108-61-62-110-65-66-112-69-70-113-68-67-111-64-63-109-60-59-107-56-55-105-52-51-103-48-47-101-44-43-99-40-39-97-36-35-95-32-31-93-28-27-91-24-23-89-20-19-87-16-15-85-12-11-83-8-7-81-4-3-71-123(2,116-73)114-117(74)119(76)121(78)122(79)120(77)118(75)115-72/h3-71H2,1-2H3. The van der Waals surface area contributed by atoms with Gasteiger partial charge in [-0.05, 0) is 19.0 Å². The van der Waals surface area contributed by atoms with E-state index in [0.29, 0.717) is 436 Å². The maximum atomic E-state index is 12.5. The summed E-state index contributed by atoms with van der Waals surface area (Å²) in [5.41, 5.74) is 0. The van der Waals surface area contributed by atoms with Gasteiger partial charge in [0.2, 0.25) is 0 Å². The van der Waals surface area contributed by atoms with Gasteiger partial charge in [0.25, 0.3) is 7.83 Å². The zero-order valence-electron chi connectivity index (χ0n) is 72.8. The van der Waals surface area contributed by atoms with Gasteiger partial charge in [0, 0.05) is 13.7 Å². The molecule has 0 saturated heterocycles. The first-order valence-corrected chi connectivity index (χ1v) is 61.7. The van der Waals surface area contributed by atoms with E-state index < -0.39 is 72.7 Å². The summed E-state index contributed by atoms with van der Waals surface area (Å²) in [5.74, 6) is 0. The fourth-order valence-electron chi connectivity index (χ4n) is 8.62. The van der Waals surface area contributed by atoms with E-state index in [0.717, 1.165) is 0 Å². The lowest BCUT2D eigenvalue weighted by atomic mass is 10.5. The maximum absolute atomic E-state index is 12.5. The van der Waals surface area contributed by atoms with Gasteiger partial charge in [-0.2, -0.15) is 0 Å². The average Bonchev–Trinajstić information content (AvgIpc) is 0.845. The molecule has 722 valence electrons. The molecule has 0 aromatic carbocycles. The molecule has 43 nitrogen and oxygen atoms in total. The fraction of sp³-hybridized carbons (Fsp3) is 1.00. The molecule has 1 unspecified atom stereocenters. The Hall–Kier alpha value is -1.21. The third-order valence-corrected chi connectivity index (χ3v) is 60.0. The van der Waals surface area contributed by atoms with Crippen LogP contribution in [0.5, 0.6) is 0 Å². The minimum Gasteiger partial charge on any atom is -0.574 e. The molecular formula is C71H144O43Si9. The van der Waals surface area contributed by atoms with Crippen molar-refractivity contribution in [3.8, 4) is 0 Å². The fourth-order valence-corrected chi connectivity index (χ4v) is 63.6. The molecule has 2 radical (unpaired) electrons. The summed E-state index contributed by atoms with van der Waals surface area (Å²) in [6, 6.07) is 0.219. The molecule has 0 aliphatic rings. The highest BCUT2D eigenvalue weighted by molar-refractivity contribution is 7.69. The summed E-state index contributed by atoms with van der Waals surface area (Å²) < 4.78 is 287. The normalized spacial score (nSPS) is 12.1. The molecule has 123 heavy (non-hydrogen) atoms. The van der Waals surface area contributed by atoms with Gasteiger partial charge in [-0.1, -0.05) is 0 Å². The van der Waals surface area contributed by atoms with Crippen molar-refractivity contribution < 1.29 is 201 Å². The molecule has 1 atom stereocenters. The zero-order valence-corrected chi connectivity index (χ0v) is 81.8. The Balaban J connectivity index is 3.19. The topological polar surface area (TPSA) is 460 Å². The van der Waals surface area contributed by atoms with E-state index >= 15 is 0 Å². The van der Waals surface area contributed by atoms with Crippen LogP contribution in [0.25, 0.3) is 0 Å². The molecule has 0 spiro atoms.